The van der Waals surface area contributed by atoms with E-state index < -0.39 is 9.84 Å². The molecule has 1 aliphatic rings. The molecule has 0 radical (unpaired) electrons. The summed E-state index contributed by atoms with van der Waals surface area (Å²) >= 11 is 0. The van der Waals surface area contributed by atoms with Gasteiger partial charge in [0.05, 0.1) is 53.2 Å². The lowest BCUT2D eigenvalue weighted by molar-refractivity contribution is -0.115. The number of hydrogen-bond donors (Lipinski definition) is 1. The molecule has 4 heterocycles. The van der Waals surface area contributed by atoms with Crippen molar-refractivity contribution in [3.8, 4) is 17.1 Å². The van der Waals surface area contributed by atoms with E-state index in [-0.39, 0.29) is 29.4 Å². The summed E-state index contributed by atoms with van der Waals surface area (Å²) in [5, 5.41) is 3.58. The highest BCUT2D eigenvalue weighted by atomic mass is 32.2. The van der Waals surface area contributed by atoms with E-state index in [2.05, 4.69) is 29.0 Å². The number of nitrogens with zero attached hydrogens (tertiary/aromatic N) is 4. The van der Waals surface area contributed by atoms with Gasteiger partial charge in [0.2, 0.25) is 5.91 Å². The van der Waals surface area contributed by atoms with E-state index in [4.69, 9.17) is 19.4 Å². The van der Waals surface area contributed by atoms with Crippen LogP contribution < -0.4 is 15.0 Å². The molecule has 40 heavy (non-hydrogen) atoms. The molecule has 1 saturated heterocycles. The van der Waals surface area contributed by atoms with E-state index in [9.17, 15) is 13.2 Å². The minimum Gasteiger partial charge on any atom is -0.497 e. The molecule has 2 atom stereocenters. The molecule has 1 aliphatic heterocycles. The first-order valence-electron chi connectivity index (χ1n) is 12.9. The SMILES string of the molecule is COc1cc(NC(=O)Cc2cc3nc(-c4cccc(N5C[C@@H](C)O[C@@H](C)C5)n4)ccc3cn2)cc(S(C)(=O)=O)c1. The highest BCUT2D eigenvalue weighted by Crippen LogP contribution is 2.26. The number of ether oxygens (including phenoxy) is 2. The minimum absolute atomic E-state index is 0.0194. The van der Waals surface area contributed by atoms with Gasteiger partial charge in [-0.3, -0.25) is 9.78 Å². The average Bonchev–Trinajstić information content (AvgIpc) is 2.91. The van der Waals surface area contributed by atoms with E-state index in [0.717, 1.165) is 41.9 Å². The molecule has 0 spiro atoms. The van der Waals surface area contributed by atoms with Crippen LogP contribution >= 0.6 is 0 Å². The fraction of sp³-hybridized carbons (Fsp3) is 0.310. The number of carbonyl (C=O) groups is 1. The number of aromatic nitrogens is 3. The molecule has 1 amide bonds. The number of fused-ring (bicyclic) bond motifs is 1. The third-order valence-corrected chi connectivity index (χ3v) is 7.63. The van der Waals surface area contributed by atoms with Crippen LogP contribution in [0.2, 0.25) is 0 Å². The maximum Gasteiger partial charge on any atom is 0.230 e. The lowest BCUT2D eigenvalue weighted by Crippen LogP contribution is -2.45. The van der Waals surface area contributed by atoms with Crippen LogP contribution in [-0.4, -0.2) is 67.9 Å². The second-order valence-corrected chi connectivity index (χ2v) is 12.0. The van der Waals surface area contributed by atoms with Crippen LogP contribution in [0.3, 0.4) is 0 Å². The van der Waals surface area contributed by atoms with Crippen LogP contribution in [-0.2, 0) is 25.8 Å². The Balaban J connectivity index is 1.35. The van der Waals surface area contributed by atoms with E-state index in [1.54, 1.807) is 18.3 Å². The van der Waals surface area contributed by atoms with Crippen molar-refractivity contribution in [3.63, 3.8) is 0 Å². The Morgan fingerprint density at radius 2 is 1.80 bits per heavy atom. The van der Waals surface area contributed by atoms with Crippen LogP contribution in [0, 0.1) is 0 Å². The van der Waals surface area contributed by atoms with E-state index >= 15 is 0 Å². The number of anilines is 2. The van der Waals surface area contributed by atoms with Gasteiger partial charge in [-0.15, -0.1) is 0 Å². The fourth-order valence-electron chi connectivity index (χ4n) is 4.75. The average molecular weight is 562 g/mol. The molecular weight excluding hydrogens is 530 g/mol. The van der Waals surface area contributed by atoms with Gasteiger partial charge in [-0.2, -0.15) is 0 Å². The van der Waals surface area contributed by atoms with E-state index in [1.165, 1.54) is 19.2 Å². The number of rotatable bonds is 7. The first-order chi connectivity index (χ1) is 19.1. The first-order valence-corrected chi connectivity index (χ1v) is 14.8. The number of sulfone groups is 1. The molecule has 208 valence electrons. The van der Waals surface area contributed by atoms with Crippen molar-refractivity contribution in [1.29, 1.82) is 0 Å². The summed E-state index contributed by atoms with van der Waals surface area (Å²) < 4.78 is 35.1. The number of morpholine rings is 1. The number of amides is 1. The predicted octanol–water partition coefficient (Wildman–Crippen LogP) is 3.90. The second-order valence-electron chi connectivity index (χ2n) is 10.0. The maximum atomic E-state index is 12.8. The van der Waals surface area contributed by atoms with Gasteiger partial charge in [-0.05, 0) is 56.3 Å². The van der Waals surface area contributed by atoms with Gasteiger partial charge in [-0.1, -0.05) is 6.07 Å². The molecule has 0 aliphatic carbocycles. The number of carbonyl (C=O) groups excluding carboxylic acids is 1. The molecule has 1 N–H and O–H groups in total. The largest absolute Gasteiger partial charge is 0.497 e. The highest BCUT2D eigenvalue weighted by Gasteiger charge is 2.23. The van der Waals surface area contributed by atoms with Gasteiger partial charge >= 0.3 is 0 Å². The first kappa shape index (κ1) is 27.5. The lowest BCUT2D eigenvalue weighted by Gasteiger charge is -2.36. The summed E-state index contributed by atoms with van der Waals surface area (Å²) in [5.41, 5.74) is 3.01. The molecule has 10 nitrogen and oxygen atoms in total. The zero-order valence-electron chi connectivity index (χ0n) is 22.8. The summed E-state index contributed by atoms with van der Waals surface area (Å²) in [5.74, 6) is 0.859. The van der Waals surface area contributed by atoms with Crippen LogP contribution in [0.4, 0.5) is 11.5 Å². The number of benzene rings is 1. The zero-order valence-corrected chi connectivity index (χ0v) is 23.6. The van der Waals surface area contributed by atoms with Crippen molar-refractivity contribution >= 4 is 38.2 Å². The Bertz CT molecular complexity index is 1670. The van der Waals surface area contributed by atoms with Crippen molar-refractivity contribution in [2.75, 3.05) is 36.7 Å². The molecule has 1 fully saturated rings. The molecule has 5 rings (SSSR count). The van der Waals surface area contributed by atoms with Gasteiger partial charge < -0.3 is 19.7 Å². The quantitative estimate of drug-likeness (QED) is 0.358. The van der Waals surface area contributed by atoms with Crippen molar-refractivity contribution in [2.24, 2.45) is 0 Å². The topological polar surface area (TPSA) is 124 Å². The lowest BCUT2D eigenvalue weighted by atomic mass is 10.1. The third kappa shape index (κ3) is 6.37. The van der Waals surface area contributed by atoms with Crippen LogP contribution in [0.25, 0.3) is 22.3 Å². The molecule has 0 saturated carbocycles. The van der Waals surface area contributed by atoms with Crippen molar-refractivity contribution in [2.45, 2.75) is 37.4 Å². The molecular formula is C29H31N5O5S. The monoisotopic (exact) mass is 561 g/mol. The summed E-state index contributed by atoms with van der Waals surface area (Å²) in [6, 6.07) is 15.9. The number of methoxy groups -OCH3 is 1. The molecule has 1 aromatic carbocycles. The van der Waals surface area contributed by atoms with Crippen molar-refractivity contribution in [1.82, 2.24) is 15.0 Å². The van der Waals surface area contributed by atoms with Gasteiger partial charge in [-0.25, -0.2) is 18.4 Å². The minimum atomic E-state index is -3.48. The summed E-state index contributed by atoms with van der Waals surface area (Å²) in [6.07, 6.45) is 3.02. The third-order valence-electron chi connectivity index (χ3n) is 6.54. The molecule has 0 bridgehead atoms. The molecule has 3 aromatic heterocycles. The summed E-state index contributed by atoms with van der Waals surface area (Å²) in [6.45, 7) is 5.67. The standard InChI is InChI=1S/C29H31N5O5S/c1-18-16-34(17-19(2)39-18)28-7-5-6-25(33-28)26-9-8-20-15-30-21(12-27(20)32-26)13-29(35)31-22-10-23(38-3)14-24(11-22)40(4,36)37/h5-12,14-15,18-19H,13,16-17H2,1-4H3,(H,31,35)/t18-,19+. The Hall–Kier alpha value is -4.09. The highest BCUT2D eigenvalue weighted by molar-refractivity contribution is 7.90. The van der Waals surface area contributed by atoms with Gasteiger partial charge in [0, 0.05) is 42.7 Å². The zero-order chi connectivity index (χ0) is 28.4. The Labute approximate surface area is 233 Å². The van der Waals surface area contributed by atoms with Gasteiger partial charge in [0.15, 0.2) is 9.84 Å². The summed E-state index contributed by atoms with van der Waals surface area (Å²) in [7, 11) is -2.05. The second kappa shape index (κ2) is 11.2. The maximum absolute atomic E-state index is 12.8. The predicted molar refractivity (Wildman–Crippen MR) is 153 cm³/mol. The Morgan fingerprint density at radius 1 is 1.05 bits per heavy atom. The number of pyridine rings is 3. The molecule has 4 aromatic rings. The number of hydrogen-bond acceptors (Lipinski definition) is 9. The van der Waals surface area contributed by atoms with Gasteiger partial charge in [0.1, 0.15) is 11.6 Å². The normalized spacial score (nSPS) is 17.6. The van der Waals surface area contributed by atoms with E-state index in [1.807, 2.05) is 30.3 Å². The Morgan fingerprint density at radius 3 is 2.52 bits per heavy atom. The molecule has 11 heteroatoms. The van der Waals surface area contributed by atoms with Crippen molar-refractivity contribution in [3.05, 3.63) is 66.5 Å². The van der Waals surface area contributed by atoms with Crippen LogP contribution in [0.1, 0.15) is 19.5 Å². The van der Waals surface area contributed by atoms with E-state index in [0.29, 0.717) is 22.6 Å². The van der Waals surface area contributed by atoms with Crippen LogP contribution in [0.15, 0.2) is 65.7 Å². The summed E-state index contributed by atoms with van der Waals surface area (Å²) in [4.78, 5) is 29.2. The Kier molecular flexibility index (Phi) is 7.68. The van der Waals surface area contributed by atoms with Crippen molar-refractivity contribution < 1.29 is 22.7 Å². The number of nitrogens with one attached hydrogen (secondary N) is 1. The molecule has 0 unspecified atom stereocenters. The fourth-order valence-corrected chi connectivity index (χ4v) is 5.42. The van der Waals surface area contributed by atoms with Gasteiger partial charge in [0.25, 0.3) is 0 Å². The smallest absolute Gasteiger partial charge is 0.230 e. The van der Waals surface area contributed by atoms with Crippen LogP contribution in [0.5, 0.6) is 5.75 Å².